The van der Waals surface area contributed by atoms with Crippen LogP contribution >= 0.6 is 0 Å². The van der Waals surface area contributed by atoms with Gasteiger partial charge in [0.25, 0.3) is 5.56 Å². The molecule has 0 bridgehead atoms. The molecule has 0 spiro atoms. The van der Waals surface area contributed by atoms with Gasteiger partial charge in [-0.25, -0.2) is 8.42 Å². The van der Waals surface area contributed by atoms with Gasteiger partial charge >= 0.3 is 0 Å². The number of benzene rings is 1. The number of aryl methyl sites for hydroxylation is 1. The lowest BCUT2D eigenvalue weighted by atomic mass is 10.0. The van der Waals surface area contributed by atoms with Crippen LogP contribution in [0, 0.1) is 5.92 Å². The number of hydrogen-bond acceptors (Lipinski definition) is 5. The van der Waals surface area contributed by atoms with E-state index in [2.05, 4.69) is 0 Å². The standard InChI is InChI=1S/C19H19NO5S/c1-20-10-16(14-7-8-24-18(14)19(20)21)15-9-13(26(2,22)23)5-6-17(15)25-11-12-3-4-12/h5-10,12H,3-4,11H2,1-2H3. The number of pyridine rings is 1. The van der Waals surface area contributed by atoms with Crippen molar-refractivity contribution in [1.29, 1.82) is 0 Å². The van der Waals surface area contributed by atoms with Gasteiger partial charge in [-0.1, -0.05) is 0 Å². The normalized spacial score (nSPS) is 14.7. The predicted octanol–water partition coefficient (Wildman–Crippen LogP) is 2.99. The number of fused-ring (bicyclic) bond motifs is 1. The average Bonchev–Trinajstić information content (AvgIpc) is 3.29. The maximum absolute atomic E-state index is 12.2. The van der Waals surface area contributed by atoms with Crippen LogP contribution in [0.5, 0.6) is 5.75 Å². The zero-order chi connectivity index (χ0) is 18.5. The van der Waals surface area contributed by atoms with Crippen LogP contribution in [0.4, 0.5) is 0 Å². The van der Waals surface area contributed by atoms with Crippen LogP contribution in [0.3, 0.4) is 0 Å². The second kappa shape index (κ2) is 6.02. The summed E-state index contributed by atoms with van der Waals surface area (Å²) in [5.41, 5.74) is 1.33. The van der Waals surface area contributed by atoms with Crippen molar-refractivity contribution >= 4 is 20.8 Å². The van der Waals surface area contributed by atoms with E-state index in [-0.39, 0.29) is 16.0 Å². The second-order valence-corrected chi connectivity index (χ2v) is 8.82. The van der Waals surface area contributed by atoms with Crippen molar-refractivity contribution in [2.75, 3.05) is 12.9 Å². The molecular formula is C19H19NO5S. The van der Waals surface area contributed by atoms with Crippen LogP contribution in [-0.4, -0.2) is 25.8 Å². The van der Waals surface area contributed by atoms with Crippen LogP contribution in [0.25, 0.3) is 22.1 Å². The first-order valence-electron chi connectivity index (χ1n) is 8.38. The number of nitrogens with zero attached hydrogens (tertiary/aromatic N) is 1. The maximum atomic E-state index is 12.2. The zero-order valence-corrected chi connectivity index (χ0v) is 15.4. The Morgan fingerprint density at radius 2 is 2.00 bits per heavy atom. The smallest absolute Gasteiger partial charge is 0.293 e. The zero-order valence-electron chi connectivity index (χ0n) is 14.6. The Bertz CT molecular complexity index is 1150. The SMILES string of the molecule is Cn1cc(-c2cc(S(C)(=O)=O)ccc2OCC2CC2)c2ccoc2c1=O. The summed E-state index contributed by atoms with van der Waals surface area (Å²) in [5.74, 6) is 1.16. The molecule has 0 unspecified atom stereocenters. The van der Waals surface area contributed by atoms with Gasteiger partial charge in [0.2, 0.25) is 0 Å². The highest BCUT2D eigenvalue weighted by Crippen LogP contribution is 2.37. The summed E-state index contributed by atoms with van der Waals surface area (Å²) in [6, 6.07) is 6.55. The first-order chi connectivity index (χ1) is 12.3. The van der Waals surface area contributed by atoms with E-state index in [1.165, 1.54) is 17.1 Å². The molecule has 0 amide bonds. The van der Waals surface area contributed by atoms with E-state index in [1.807, 2.05) is 0 Å². The first-order valence-corrected chi connectivity index (χ1v) is 10.3. The van der Waals surface area contributed by atoms with E-state index in [0.29, 0.717) is 34.8 Å². The van der Waals surface area contributed by atoms with E-state index in [4.69, 9.17) is 9.15 Å². The quantitative estimate of drug-likeness (QED) is 0.687. The fraction of sp³-hybridized carbons (Fsp3) is 0.316. The van der Waals surface area contributed by atoms with Gasteiger partial charge in [0.05, 0.1) is 17.8 Å². The van der Waals surface area contributed by atoms with Gasteiger partial charge in [0.15, 0.2) is 15.4 Å². The number of furan rings is 1. The maximum Gasteiger partial charge on any atom is 0.293 e. The highest BCUT2D eigenvalue weighted by atomic mass is 32.2. The molecule has 2 heterocycles. The molecular weight excluding hydrogens is 354 g/mol. The predicted molar refractivity (Wildman–Crippen MR) is 98.2 cm³/mol. The highest BCUT2D eigenvalue weighted by Gasteiger charge is 2.24. The van der Waals surface area contributed by atoms with Crippen LogP contribution < -0.4 is 10.3 Å². The minimum atomic E-state index is -3.37. The van der Waals surface area contributed by atoms with E-state index in [0.717, 1.165) is 12.8 Å². The summed E-state index contributed by atoms with van der Waals surface area (Å²) >= 11 is 0. The largest absolute Gasteiger partial charge is 0.493 e. The molecule has 0 saturated heterocycles. The van der Waals surface area contributed by atoms with Crippen molar-refractivity contribution in [3.05, 3.63) is 47.1 Å². The van der Waals surface area contributed by atoms with Crippen molar-refractivity contribution in [3.63, 3.8) is 0 Å². The lowest BCUT2D eigenvalue weighted by molar-refractivity contribution is 0.301. The molecule has 0 radical (unpaired) electrons. The van der Waals surface area contributed by atoms with Gasteiger partial charge in [-0.2, -0.15) is 0 Å². The summed E-state index contributed by atoms with van der Waals surface area (Å²) < 4.78 is 36.8. The molecule has 1 aromatic carbocycles. The molecule has 1 aliphatic carbocycles. The Morgan fingerprint density at radius 3 is 2.69 bits per heavy atom. The summed E-state index contributed by atoms with van der Waals surface area (Å²) in [5, 5.41) is 0.634. The molecule has 1 saturated carbocycles. The van der Waals surface area contributed by atoms with Crippen LogP contribution in [-0.2, 0) is 16.9 Å². The first kappa shape index (κ1) is 16.9. The molecule has 1 aliphatic rings. The molecule has 0 N–H and O–H groups in total. The van der Waals surface area contributed by atoms with E-state index in [9.17, 15) is 13.2 Å². The summed E-state index contributed by atoms with van der Waals surface area (Å²) in [7, 11) is -1.74. The third kappa shape index (κ3) is 3.03. The summed E-state index contributed by atoms with van der Waals surface area (Å²) in [6.45, 7) is 0.603. The number of ether oxygens (including phenoxy) is 1. The molecule has 2 aromatic heterocycles. The Balaban J connectivity index is 1.94. The molecule has 6 nitrogen and oxygen atoms in total. The van der Waals surface area contributed by atoms with Crippen molar-refractivity contribution < 1.29 is 17.6 Å². The topological polar surface area (TPSA) is 78.5 Å². The van der Waals surface area contributed by atoms with E-state index < -0.39 is 9.84 Å². The Labute approximate surface area is 150 Å². The van der Waals surface area contributed by atoms with Gasteiger partial charge in [-0.05, 0) is 43.0 Å². The highest BCUT2D eigenvalue weighted by molar-refractivity contribution is 7.90. The monoisotopic (exact) mass is 373 g/mol. The molecule has 0 aliphatic heterocycles. The van der Waals surface area contributed by atoms with Crippen molar-refractivity contribution in [2.45, 2.75) is 17.7 Å². The molecule has 3 aromatic rings. The Hall–Kier alpha value is -2.54. The third-order valence-electron chi connectivity index (χ3n) is 4.63. The Morgan fingerprint density at radius 1 is 1.23 bits per heavy atom. The second-order valence-electron chi connectivity index (χ2n) is 6.81. The molecule has 26 heavy (non-hydrogen) atoms. The number of sulfone groups is 1. The fourth-order valence-electron chi connectivity index (χ4n) is 2.95. The Kier molecular flexibility index (Phi) is 3.91. The number of hydrogen-bond donors (Lipinski definition) is 0. The molecule has 0 atom stereocenters. The average molecular weight is 373 g/mol. The van der Waals surface area contributed by atoms with Crippen molar-refractivity contribution in [1.82, 2.24) is 4.57 Å². The summed E-state index contributed by atoms with van der Waals surface area (Å²) in [6.07, 6.45) is 6.63. The summed E-state index contributed by atoms with van der Waals surface area (Å²) in [4.78, 5) is 12.5. The van der Waals surface area contributed by atoms with Gasteiger partial charge in [0.1, 0.15) is 5.75 Å². The number of rotatable bonds is 5. The van der Waals surface area contributed by atoms with Gasteiger partial charge < -0.3 is 13.7 Å². The molecule has 136 valence electrons. The van der Waals surface area contributed by atoms with Crippen molar-refractivity contribution in [3.8, 4) is 16.9 Å². The molecule has 1 fully saturated rings. The van der Waals surface area contributed by atoms with Crippen LogP contribution in [0.2, 0.25) is 0 Å². The number of aromatic nitrogens is 1. The lowest BCUT2D eigenvalue weighted by Gasteiger charge is -2.14. The molecule has 7 heteroatoms. The fourth-order valence-corrected chi connectivity index (χ4v) is 3.60. The third-order valence-corrected chi connectivity index (χ3v) is 5.74. The van der Waals surface area contributed by atoms with Crippen molar-refractivity contribution in [2.24, 2.45) is 13.0 Å². The van der Waals surface area contributed by atoms with E-state index >= 15 is 0 Å². The minimum Gasteiger partial charge on any atom is -0.493 e. The van der Waals surface area contributed by atoms with Crippen LogP contribution in [0.1, 0.15) is 12.8 Å². The van der Waals surface area contributed by atoms with E-state index in [1.54, 1.807) is 37.5 Å². The van der Waals surface area contributed by atoms with Gasteiger partial charge in [-0.3, -0.25) is 4.79 Å². The lowest BCUT2D eigenvalue weighted by Crippen LogP contribution is -2.16. The van der Waals surface area contributed by atoms with Crippen LogP contribution in [0.15, 0.2) is 50.8 Å². The molecule has 4 rings (SSSR count). The minimum absolute atomic E-state index is 0.205. The van der Waals surface area contributed by atoms with Gasteiger partial charge in [0, 0.05) is 36.0 Å². The van der Waals surface area contributed by atoms with Gasteiger partial charge in [-0.15, -0.1) is 0 Å².